The van der Waals surface area contributed by atoms with Crippen LogP contribution in [-0.4, -0.2) is 86.3 Å². The summed E-state index contributed by atoms with van der Waals surface area (Å²) in [5, 5.41) is 9.68. The van der Waals surface area contributed by atoms with Crippen molar-refractivity contribution >= 4 is 0 Å². The number of aliphatic hydroxyl groups excluding tert-OH is 1. The largest absolute Gasteiger partial charge is 0.396 e. The van der Waals surface area contributed by atoms with Crippen LogP contribution in [0.15, 0.2) is 0 Å². The van der Waals surface area contributed by atoms with E-state index in [0.717, 1.165) is 12.5 Å². The lowest BCUT2D eigenvalue weighted by molar-refractivity contribution is 0.0661. The minimum atomic E-state index is 0.362. The van der Waals surface area contributed by atoms with Crippen molar-refractivity contribution in [2.75, 3.05) is 66.5 Å². The molecule has 4 nitrogen and oxygen atoms in total. The minimum absolute atomic E-state index is 0.362. The topological polar surface area (TPSA) is 30.0 Å². The van der Waals surface area contributed by atoms with Gasteiger partial charge in [-0.15, -0.1) is 0 Å². The molecule has 0 amide bonds. The molecule has 0 aromatic rings. The van der Waals surface area contributed by atoms with Gasteiger partial charge in [0.05, 0.1) is 0 Å². The van der Waals surface area contributed by atoms with Crippen LogP contribution in [0.25, 0.3) is 0 Å². The lowest BCUT2D eigenvalue weighted by atomic mass is 9.84. The molecule has 2 aliphatic rings. The highest BCUT2D eigenvalue weighted by Gasteiger charge is 2.27. The first-order valence-corrected chi connectivity index (χ1v) is 7.39. The van der Waals surface area contributed by atoms with E-state index in [0.29, 0.717) is 12.5 Å². The lowest BCUT2D eigenvalue weighted by Gasteiger charge is -2.38. The highest BCUT2D eigenvalue weighted by Crippen LogP contribution is 2.25. The number of rotatable bonds is 4. The van der Waals surface area contributed by atoms with Gasteiger partial charge in [-0.3, -0.25) is 0 Å². The maximum Gasteiger partial charge on any atom is 0.0474 e. The van der Waals surface area contributed by atoms with Crippen molar-refractivity contribution in [2.45, 2.75) is 12.8 Å². The predicted octanol–water partition coefficient (Wildman–Crippen LogP) is 0.184. The maximum absolute atomic E-state index is 9.68. The van der Waals surface area contributed by atoms with Gasteiger partial charge in [-0.1, -0.05) is 0 Å². The van der Waals surface area contributed by atoms with Crippen LogP contribution in [0.5, 0.6) is 0 Å². The fourth-order valence-electron chi connectivity index (χ4n) is 3.22. The van der Waals surface area contributed by atoms with E-state index in [1.165, 1.54) is 52.1 Å². The van der Waals surface area contributed by atoms with Gasteiger partial charge in [0, 0.05) is 39.3 Å². The number of nitrogens with zero attached hydrogens (tertiary/aromatic N) is 3. The van der Waals surface area contributed by atoms with Crippen LogP contribution in [0.2, 0.25) is 0 Å². The molecule has 1 atom stereocenters. The Morgan fingerprint density at radius 2 is 1.50 bits per heavy atom. The zero-order valence-electron chi connectivity index (χ0n) is 12.0. The Bertz CT molecular complexity index is 233. The summed E-state index contributed by atoms with van der Waals surface area (Å²) < 4.78 is 0. The van der Waals surface area contributed by atoms with Crippen molar-refractivity contribution in [2.24, 2.45) is 11.8 Å². The van der Waals surface area contributed by atoms with Crippen LogP contribution < -0.4 is 0 Å². The van der Waals surface area contributed by atoms with Crippen LogP contribution >= 0.6 is 0 Å². The first-order chi connectivity index (χ1) is 8.69. The molecule has 0 saturated carbocycles. The lowest BCUT2D eigenvalue weighted by Crippen LogP contribution is -2.48. The van der Waals surface area contributed by atoms with E-state index in [1.807, 2.05) is 0 Å². The number of piperidine rings is 1. The van der Waals surface area contributed by atoms with E-state index in [-0.39, 0.29) is 0 Å². The summed E-state index contributed by atoms with van der Waals surface area (Å²) in [5.41, 5.74) is 0. The molecule has 4 heteroatoms. The Kier molecular flexibility index (Phi) is 5.42. The van der Waals surface area contributed by atoms with Crippen molar-refractivity contribution in [1.29, 1.82) is 0 Å². The molecule has 1 unspecified atom stereocenters. The predicted molar refractivity (Wildman–Crippen MR) is 74.7 cm³/mol. The number of aliphatic hydroxyl groups is 1. The summed E-state index contributed by atoms with van der Waals surface area (Å²) in [7, 11) is 4.39. The molecule has 2 fully saturated rings. The summed E-state index contributed by atoms with van der Waals surface area (Å²) >= 11 is 0. The van der Waals surface area contributed by atoms with E-state index in [1.54, 1.807) is 0 Å². The number of hydrogen-bond acceptors (Lipinski definition) is 4. The average Bonchev–Trinajstić information content (AvgIpc) is 2.39. The number of likely N-dealkylation sites (N-methyl/N-ethyl adjacent to an activating group) is 1. The molecule has 106 valence electrons. The van der Waals surface area contributed by atoms with Crippen LogP contribution in [0.1, 0.15) is 12.8 Å². The Morgan fingerprint density at radius 1 is 0.944 bits per heavy atom. The maximum atomic E-state index is 9.68. The van der Waals surface area contributed by atoms with Crippen molar-refractivity contribution < 1.29 is 5.11 Å². The third kappa shape index (κ3) is 3.92. The van der Waals surface area contributed by atoms with Gasteiger partial charge in [-0.25, -0.2) is 0 Å². The molecule has 18 heavy (non-hydrogen) atoms. The molecule has 0 spiro atoms. The molecule has 2 aliphatic heterocycles. The van der Waals surface area contributed by atoms with Gasteiger partial charge < -0.3 is 19.8 Å². The van der Waals surface area contributed by atoms with Gasteiger partial charge in [-0.05, 0) is 51.9 Å². The molecule has 0 aromatic heterocycles. The van der Waals surface area contributed by atoms with Gasteiger partial charge in [0.25, 0.3) is 0 Å². The van der Waals surface area contributed by atoms with E-state index < -0.39 is 0 Å². The fourth-order valence-corrected chi connectivity index (χ4v) is 3.22. The van der Waals surface area contributed by atoms with E-state index >= 15 is 0 Å². The first kappa shape index (κ1) is 14.3. The summed E-state index contributed by atoms with van der Waals surface area (Å²) in [6.07, 6.45) is 2.52. The minimum Gasteiger partial charge on any atom is -0.396 e. The number of likely N-dealkylation sites (tertiary alicyclic amines) is 1. The van der Waals surface area contributed by atoms with Gasteiger partial charge in [0.2, 0.25) is 0 Å². The van der Waals surface area contributed by atoms with Crippen LogP contribution in [-0.2, 0) is 0 Å². The van der Waals surface area contributed by atoms with E-state index in [2.05, 4.69) is 28.8 Å². The van der Waals surface area contributed by atoms with Gasteiger partial charge in [0.1, 0.15) is 0 Å². The van der Waals surface area contributed by atoms with Crippen LogP contribution in [0.4, 0.5) is 0 Å². The second kappa shape index (κ2) is 6.85. The number of hydrogen-bond donors (Lipinski definition) is 1. The molecule has 2 rings (SSSR count). The second-order valence-corrected chi connectivity index (χ2v) is 6.19. The van der Waals surface area contributed by atoms with Crippen molar-refractivity contribution in [3.8, 4) is 0 Å². The number of piperazine rings is 1. The molecular weight excluding hydrogens is 226 g/mol. The zero-order valence-corrected chi connectivity index (χ0v) is 12.0. The van der Waals surface area contributed by atoms with Crippen molar-refractivity contribution in [3.63, 3.8) is 0 Å². The monoisotopic (exact) mass is 255 g/mol. The van der Waals surface area contributed by atoms with Crippen molar-refractivity contribution in [1.82, 2.24) is 14.7 Å². The summed E-state index contributed by atoms with van der Waals surface area (Å²) in [4.78, 5) is 7.33. The van der Waals surface area contributed by atoms with Crippen LogP contribution in [0.3, 0.4) is 0 Å². The Morgan fingerprint density at radius 3 is 2.06 bits per heavy atom. The highest BCUT2D eigenvalue weighted by atomic mass is 16.3. The molecule has 0 aliphatic carbocycles. The molecule has 0 radical (unpaired) electrons. The third-order valence-electron chi connectivity index (χ3n) is 4.75. The Labute approximate surface area is 112 Å². The molecule has 2 saturated heterocycles. The smallest absolute Gasteiger partial charge is 0.0474 e. The Hall–Kier alpha value is -0.160. The van der Waals surface area contributed by atoms with Crippen LogP contribution in [0, 0.1) is 11.8 Å². The summed E-state index contributed by atoms with van der Waals surface area (Å²) in [6.45, 7) is 8.53. The quantitative estimate of drug-likeness (QED) is 0.776. The second-order valence-electron chi connectivity index (χ2n) is 6.19. The first-order valence-electron chi connectivity index (χ1n) is 7.39. The molecule has 1 N–H and O–H groups in total. The molecule has 0 bridgehead atoms. The van der Waals surface area contributed by atoms with Gasteiger partial charge in [0.15, 0.2) is 0 Å². The van der Waals surface area contributed by atoms with Gasteiger partial charge in [-0.2, -0.15) is 0 Å². The standard InChI is InChI=1S/C14H29N3O/c1-15-5-3-13(4-6-15)14(12-18)11-17-9-7-16(2)8-10-17/h13-14,18H,3-12H2,1-2H3. The summed E-state index contributed by atoms with van der Waals surface area (Å²) in [6, 6.07) is 0. The summed E-state index contributed by atoms with van der Waals surface area (Å²) in [5.74, 6) is 1.22. The van der Waals surface area contributed by atoms with Gasteiger partial charge >= 0.3 is 0 Å². The highest BCUT2D eigenvalue weighted by molar-refractivity contribution is 4.80. The normalized spacial score (nSPS) is 27.5. The molecule has 0 aromatic carbocycles. The third-order valence-corrected chi connectivity index (χ3v) is 4.75. The zero-order chi connectivity index (χ0) is 13.0. The fraction of sp³-hybridized carbons (Fsp3) is 1.00. The average molecular weight is 255 g/mol. The SMILES string of the molecule is CN1CCC(C(CO)CN2CCN(C)CC2)CC1. The van der Waals surface area contributed by atoms with E-state index in [9.17, 15) is 5.11 Å². The Balaban J connectivity index is 1.78. The molecular formula is C14H29N3O. The molecule has 2 heterocycles. The van der Waals surface area contributed by atoms with Crippen molar-refractivity contribution in [3.05, 3.63) is 0 Å². The van der Waals surface area contributed by atoms with E-state index in [4.69, 9.17) is 0 Å².